The van der Waals surface area contributed by atoms with Crippen molar-refractivity contribution in [3.05, 3.63) is 64.8 Å². The van der Waals surface area contributed by atoms with E-state index in [-0.39, 0.29) is 40.2 Å². The molecule has 0 saturated carbocycles. The number of aromatic nitrogens is 2. The molecule has 1 saturated heterocycles. The summed E-state index contributed by atoms with van der Waals surface area (Å²) in [4.78, 5) is 26.0. The van der Waals surface area contributed by atoms with E-state index < -0.39 is 5.82 Å². The largest absolute Gasteiger partial charge is 0.416 e. The number of anilines is 2. The molecule has 0 unspecified atom stereocenters. The van der Waals surface area contributed by atoms with Crippen LogP contribution < -0.4 is 10.2 Å². The fourth-order valence-electron chi connectivity index (χ4n) is 3.18. The number of hydrogen-bond donors (Lipinski definition) is 1. The molecule has 10 heteroatoms. The molecule has 1 aliphatic heterocycles. The molecule has 2 heterocycles. The lowest BCUT2D eigenvalue weighted by Gasteiger charge is -2.16. The van der Waals surface area contributed by atoms with Crippen LogP contribution in [0.1, 0.15) is 23.8 Å². The number of thioether (sulfide) groups is 1. The molecule has 1 aliphatic rings. The van der Waals surface area contributed by atoms with Crippen LogP contribution >= 0.6 is 23.4 Å². The van der Waals surface area contributed by atoms with Gasteiger partial charge in [-0.1, -0.05) is 41.1 Å². The standard InChI is InChI=1S/C21H18ClFN4O3S/c1-12-2-4-14(5-3-12)24-18(28)11-31-21-26-25-20(30-21)13-8-19(29)27(10-13)15-6-7-17(23)16(22)9-15/h2-7,9,13H,8,10-11H2,1H3,(H,24,28)/t13-/m1/s1. The minimum absolute atomic E-state index is 0.0471. The highest BCUT2D eigenvalue weighted by Crippen LogP contribution is 2.33. The van der Waals surface area contributed by atoms with Gasteiger partial charge in [0.15, 0.2) is 0 Å². The topological polar surface area (TPSA) is 88.3 Å². The summed E-state index contributed by atoms with van der Waals surface area (Å²) in [6, 6.07) is 11.6. The zero-order valence-electron chi connectivity index (χ0n) is 16.5. The molecular formula is C21H18ClFN4O3S. The van der Waals surface area contributed by atoms with Crippen LogP contribution in [0.3, 0.4) is 0 Å². The number of rotatable bonds is 6. The smallest absolute Gasteiger partial charge is 0.277 e. The summed E-state index contributed by atoms with van der Waals surface area (Å²) in [7, 11) is 0. The molecule has 31 heavy (non-hydrogen) atoms. The summed E-state index contributed by atoms with van der Waals surface area (Å²) in [6.45, 7) is 2.29. The van der Waals surface area contributed by atoms with Crippen molar-refractivity contribution in [2.24, 2.45) is 0 Å². The number of carbonyl (C=O) groups is 2. The average molecular weight is 461 g/mol. The van der Waals surface area contributed by atoms with Gasteiger partial charge in [-0.25, -0.2) is 4.39 Å². The Kier molecular flexibility index (Phi) is 6.24. The van der Waals surface area contributed by atoms with Crippen molar-refractivity contribution in [3.63, 3.8) is 0 Å². The summed E-state index contributed by atoms with van der Waals surface area (Å²) in [6.07, 6.45) is 0.190. The number of halogens is 2. The number of amides is 2. The molecule has 0 spiro atoms. The Morgan fingerprint density at radius 3 is 2.81 bits per heavy atom. The monoisotopic (exact) mass is 460 g/mol. The van der Waals surface area contributed by atoms with Crippen molar-refractivity contribution in [2.45, 2.75) is 24.5 Å². The normalized spacial score (nSPS) is 16.0. The summed E-state index contributed by atoms with van der Waals surface area (Å²) in [5.74, 6) is -0.732. The Labute approximate surface area is 187 Å². The van der Waals surface area contributed by atoms with Crippen molar-refractivity contribution in [1.82, 2.24) is 10.2 Å². The van der Waals surface area contributed by atoms with Gasteiger partial charge in [0.1, 0.15) is 5.82 Å². The zero-order valence-corrected chi connectivity index (χ0v) is 18.0. The molecular weight excluding hydrogens is 443 g/mol. The van der Waals surface area contributed by atoms with Crippen LogP contribution in [-0.2, 0) is 9.59 Å². The lowest BCUT2D eigenvalue weighted by atomic mass is 10.1. The number of carbonyl (C=O) groups excluding carboxylic acids is 2. The van der Waals surface area contributed by atoms with E-state index in [4.69, 9.17) is 16.0 Å². The third-order valence-electron chi connectivity index (χ3n) is 4.77. The van der Waals surface area contributed by atoms with E-state index in [1.807, 2.05) is 31.2 Å². The van der Waals surface area contributed by atoms with Crippen molar-refractivity contribution in [3.8, 4) is 0 Å². The SMILES string of the molecule is Cc1ccc(NC(=O)CSc2nnc([C@@H]3CC(=O)N(c4ccc(F)c(Cl)c4)C3)o2)cc1. The van der Waals surface area contributed by atoms with E-state index in [2.05, 4.69) is 15.5 Å². The molecule has 3 aromatic rings. The van der Waals surface area contributed by atoms with Gasteiger partial charge in [-0.3, -0.25) is 9.59 Å². The summed E-state index contributed by atoms with van der Waals surface area (Å²) < 4.78 is 19.1. The van der Waals surface area contributed by atoms with E-state index in [9.17, 15) is 14.0 Å². The maximum atomic E-state index is 13.4. The van der Waals surface area contributed by atoms with Crippen LogP contribution in [0.4, 0.5) is 15.8 Å². The molecule has 0 aliphatic carbocycles. The lowest BCUT2D eigenvalue weighted by molar-refractivity contribution is -0.117. The summed E-state index contributed by atoms with van der Waals surface area (Å²) in [5, 5.41) is 11.0. The molecule has 1 N–H and O–H groups in total. The predicted octanol–water partition coefficient (Wildman–Crippen LogP) is 4.42. The minimum Gasteiger partial charge on any atom is -0.416 e. The highest BCUT2D eigenvalue weighted by Gasteiger charge is 2.35. The third kappa shape index (κ3) is 5.05. The Bertz CT molecular complexity index is 1120. The zero-order chi connectivity index (χ0) is 22.0. The Morgan fingerprint density at radius 2 is 2.06 bits per heavy atom. The number of nitrogens with one attached hydrogen (secondary N) is 1. The van der Waals surface area contributed by atoms with Gasteiger partial charge in [0, 0.05) is 24.3 Å². The summed E-state index contributed by atoms with van der Waals surface area (Å²) in [5.41, 5.74) is 2.34. The van der Waals surface area contributed by atoms with Crippen molar-refractivity contribution >= 4 is 46.6 Å². The first-order valence-corrected chi connectivity index (χ1v) is 10.8. The van der Waals surface area contributed by atoms with E-state index in [1.165, 1.54) is 23.1 Å². The Balaban J connectivity index is 1.34. The van der Waals surface area contributed by atoms with Gasteiger partial charge in [-0.05, 0) is 37.3 Å². The van der Waals surface area contributed by atoms with E-state index in [0.29, 0.717) is 23.8 Å². The van der Waals surface area contributed by atoms with Crippen LogP contribution in [0.15, 0.2) is 52.1 Å². The molecule has 1 fully saturated rings. The number of benzene rings is 2. The molecule has 160 valence electrons. The van der Waals surface area contributed by atoms with Gasteiger partial charge in [-0.15, -0.1) is 10.2 Å². The molecule has 1 atom stereocenters. The van der Waals surface area contributed by atoms with Crippen LogP contribution in [0.5, 0.6) is 0 Å². The predicted molar refractivity (Wildman–Crippen MR) is 116 cm³/mol. The van der Waals surface area contributed by atoms with E-state index in [1.54, 1.807) is 0 Å². The third-order valence-corrected chi connectivity index (χ3v) is 5.88. The fraction of sp³-hybridized carbons (Fsp3) is 0.238. The van der Waals surface area contributed by atoms with Crippen molar-refractivity contribution < 1.29 is 18.4 Å². The van der Waals surface area contributed by atoms with Gasteiger partial charge in [0.2, 0.25) is 17.7 Å². The van der Waals surface area contributed by atoms with Crippen molar-refractivity contribution in [1.29, 1.82) is 0 Å². The molecule has 1 aromatic heterocycles. The first kappa shape index (κ1) is 21.3. The van der Waals surface area contributed by atoms with Crippen LogP contribution in [0, 0.1) is 12.7 Å². The summed E-state index contributed by atoms with van der Waals surface area (Å²) >= 11 is 6.95. The molecule has 0 bridgehead atoms. The second kappa shape index (κ2) is 9.07. The van der Waals surface area contributed by atoms with Gasteiger partial charge >= 0.3 is 0 Å². The quantitative estimate of drug-likeness (QED) is 0.548. The van der Waals surface area contributed by atoms with E-state index >= 15 is 0 Å². The van der Waals surface area contributed by atoms with Gasteiger partial charge < -0.3 is 14.6 Å². The Morgan fingerprint density at radius 1 is 1.29 bits per heavy atom. The van der Waals surface area contributed by atoms with Crippen LogP contribution in [-0.4, -0.2) is 34.3 Å². The minimum atomic E-state index is -0.543. The van der Waals surface area contributed by atoms with Crippen LogP contribution in [0.2, 0.25) is 5.02 Å². The molecule has 0 radical (unpaired) electrons. The van der Waals surface area contributed by atoms with Crippen molar-refractivity contribution in [2.75, 3.05) is 22.5 Å². The number of hydrogen-bond acceptors (Lipinski definition) is 6. The first-order chi connectivity index (χ1) is 14.9. The maximum absolute atomic E-state index is 13.4. The van der Waals surface area contributed by atoms with Gasteiger partial charge in [0.25, 0.3) is 5.22 Å². The number of nitrogens with zero attached hydrogens (tertiary/aromatic N) is 3. The van der Waals surface area contributed by atoms with Gasteiger partial charge in [-0.2, -0.15) is 0 Å². The first-order valence-electron chi connectivity index (χ1n) is 9.47. The van der Waals surface area contributed by atoms with Gasteiger partial charge in [0.05, 0.1) is 16.7 Å². The maximum Gasteiger partial charge on any atom is 0.277 e. The molecule has 2 aromatic carbocycles. The highest BCUT2D eigenvalue weighted by atomic mass is 35.5. The fourth-order valence-corrected chi connectivity index (χ4v) is 3.92. The second-order valence-electron chi connectivity index (χ2n) is 7.11. The molecule has 4 rings (SSSR count). The lowest BCUT2D eigenvalue weighted by Crippen LogP contribution is -2.24. The molecule has 7 nitrogen and oxygen atoms in total. The average Bonchev–Trinajstić information content (AvgIpc) is 3.37. The second-order valence-corrected chi connectivity index (χ2v) is 8.45. The molecule has 2 amide bonds. The number of aryl methyl sites for hydroxylation is 1. The Hall–Kier alpha value is -2.91. The van der Waals surface area contributed by atoms with E-state index in [0.717, 1.165) is 17.3 Å². The highest BCUT2D eigenvalue weighted by molar-refractivity contribution is 7.99. The van der Waals surface area contributed by atoms with Crippen LogP contribution in [0.25, 0.3) is 0 Å².